The molecule has 1 saturated carbocycles. The molecule has 1 atom stereocenters. The molecule has 0 saturated heterocycles. The summed E-state index contributed by atoms with van der Waals surface area (Å²) in [6.07, 6.45) is 4.38. The van der Waals surface area contributed by atoms with E-state index in [0.29, 0.717) is 6.54 Å². The number of thiazole rings is 1. The van der Waals surface area contributed by atoms with Gasteiger partial charge >= 0.3 is 0 Å². The lowest BCUT2D eigenvalue weighted by atomic mass is 10.3. The van der Waals surface area contributed by atoms with Gasteiger partial charge in [0.15, 0.2) is 0 Å². The highest BCUT2D eigenvalue weighted by Gasteiger charge is 2.21. The molecule has 1 aromatic heterocycles. The first-order valence-electron chi connectivity index (χ1n) is 5.64. The quantitative estimate of drug-likeness (QED) is 0.787. The fourth-order valence-electron chi connectivity index (χ4n) is 1.43. The van der Waals surface area contributed by atoms with Gasteiger partial charge in [0.25, 0.3) is 0 Å². The highest BCUT2D eigenvalue weighted by Crippen LogP contribution is 2.27. The first-order chi connectivity index (χ1) is 7.75. The molecule has 0 bridgehead atoms. The highest BCUT2D eigenvalue weighted by molar-refractivity contribution is 7.09. The Labute approximate surface area is 99.5 Å². The zero-order valence-electron chi connectivity index (χ0n) is 9.40. The molecule has 1 aliphatic carbocycles. The van der Waals surface area contributed by atoms with Gasteiger partial charge in [0.1, 0.15) is 0 Å². The third-order valence-electron chi connectivity index (χ3n) is 2.73. The van der Waals surface area contributed by atoms with Gasteiger partial charge < -0.3 is 10.6 Å². The monoisotopic (exact) mass is 239 g/mol. The molecule has 0 spiro atoms. The van der Waals surface area contributed by atoms with E-state index >= 15 is 0 Å². The zero-order chi connectivity index (χ0) is 11.4. The summed E-state index contributed by atoms with van der Waals surface area (Å²) in [6.45, 7) is 3.27. The summed E-state index contributed by atoms with van der Waals surface area (Å²) in [5.74, 6) is 0.825. The second-order valence-electron chi connectivity index (χ2n) is 4.25. The maximum absolute atomic E-state index is 11.5. The van der Waals surface area contributed by atoms with Crippen molar-refractivity contribution in [2.24, 2.45) is 5.92 Å². The largest absolute Gasteiger partial charge is 0.355 e. The number of aromatic nitrogens is 1. The molecule has 1 unspecified atom stereocenters. The lowest BCUT2D eigenvalue weighted by molar-refractivity contribution is -0.120. The number of nitrogens with one attached hydrogen (secondary N) is 2. The Morgan fingerprint density at radius 2 is 2.50 bits per heavy atom. The molecule has 0 aliphatic heterocycles. The maximum atomic E-state index is 11.5. The highest BCUT2D eigenvalue weighted by atomic mass is 32.1. The number of carbonyl (C=O) groups excluding carboxylic acids is 1. The molecule has 5 heteroatoms. The molecule has 4 nitrogen and oxygen atoms in total. The lowest BCUT2D eigenvalue weighted by Gasteiger charge is -2.11. The number of rotatable bonds is 6. The third-order valence-corrected chi connectivity index (χ3v) is 3.69. The van der Waals surface area contributed by atoms with E-state index in [2.05, 4.69) is 15.6 Å². The van der Waals surface area contributed by atoms with E-state index < -0.39 is 0 Å². The van der Waals surface area contributed by atoms with Crippen molar-refractivity contribution in [2.75, 3.05) is 13.1 Å². The van der Waals surface area contributed by atoms with Gasteiger partial charge in [0.2, 0.25) is 5.91 Å². The van der Waals surface area contributed by atoms with Crippen LogP contribution in [0.4, 0.5) is 0 Å². The number of hydrogen-bond acceptors (Lipinski definition) is 4. The van der Waals surface area contributed by atoms with E-state index in [1.54, 1.807) is 16.8 Å². The van der Waals surface area contributed by atoms with Crippen molar-refractivity contribution in [3.8, 4) is 0 Å². The molecule has 16 heavy (non-hydrogen) atoms. The Bertz CT molecular complexity index is 335. The normalized spacial score (nSPS) is 17.1. The van der Waals surface area contributed by atoms with Crippen molar-refractivity contribution in [3.63, 3.8) is 0 Å². The number of hydrogen-bond donors (Lipinski definition) is 2. The Hall–Kier alpha value is -0.940. The molecule has 2 N–H and O–H groups in total. The molecule has 88 valence electrons. The van der Waals surface area contributed by atoms with E-state index in [1.165, 1.54) is 12.8 Å². The summed E-state index contributed by atoms with van der Waals surface area (Å²) in [4.78, 5) is 16.6. The van der Waals surface area contributed by atoms with Crippen LogP contribution in [-0.2, 0) is 4.79 Å². The van der Waals surface area contributed by atoms with Gasteiger partial charge in [-0.15, -0.1) is 11.3 Å². The molecular weight excluding hydrogens is 222 g/mol. The van der Waals surface area contributed by atoms with Crippen LogP contribution in [0, 0.1) is 5.92 Å². The van der Waals surface area contributed by atoms with E-state index in [0.717, 1.165) is 17.3 Å². The second-order valence-corrected chi connectivity index (χ2v) is 5.17. The first-order valence-corrected chi connectivity index (χ1v) is 6.52. The molecular formula is C11H17N3OS. The van der Waals surface area contributed by atoms with Crippen molar-refractivity contribution in [1.29, 1.82) is 0 Å². The van der Waals surface area contributed by atoms with Crippen LogP contribution >= 0.6 is 11.3 Å². The van der Waals surface area contributed by atoms with Crippen LogP contribution in [-0.4, -0.2) is 24.0 Å². The average Bonchev–Trinajstić information content (AvgIpc) is 2.95. The Morgan fingerprint density at radius 3 is 3.12 bits per heavy atom. The summed E-state index contributed by atoms with van der Waals surface area (Å²) < 4.78 is 0. The summed E-state index contributed by atoms with van der Waals surface area (Å²) in [5, 5.41) is 6.12. The summed E-state index contributed by atoms with van der Waals surface area (Å²) in [6, 6.07) is 0.194. The number of amides is 1. The molecule has 0 aromatic carbocycles. The zero-order valence-corrected chi connectivity index (χ0v) is 10.2. The molecule has 1 fully saturated rings. The van der Waals surface area contributed by atoms with Crippen molar-refractivity contribution < 1.29 is 4.79 Å². The Morgan fingerprint density at radius 1 is 1.69 bits per heavy atom. The second kappa shape index (κ2) is 5.41. The van der Waals surface area contributed by atoms with Gasteiger partial charge in [-0.1, -0.05) is 0 Å². The van der Waals surface area contributed by atoms with E-state index in [4.69, 9.17) is 0 Å². The smallest absolute Gasteiger partial charge is 0.233 e. The van der Waals surface area contributed by atoms with Crippen LogP contribution in [0.1, 0.15) is 30.7 Å². The molecule has 1 amide bonds. The molecule has 1 aromatic rings. The van der Waals surface area contributed by atoms with Crippen LogP contribution < -0.4 is 10.6 Å². The minimum absolute atomic E-state index is 0.0864. The summed E-state index contributed by atoms with van der Waals surface area (Å²) >= 11 is 1.61. The molecule has 2 rings (SSSR count). The van der Waals surface area contributed by atoms with E-state index in [9.17, 15) is 4.79 Å². The first kappa shape index (κ1) is 11.5. The average molecular weight is 239 g/mol. The van der Waals surface area contributed by atoms with Gasteiger partial charge in [-0.05, 0) is 25.7 Å². The van der Waals surface area contributed by atoms with Crippen LogP contribution in [0.5, 0.6) is 0 Å². The standard InChI is InChI=1S/C11H17N3OS/c1-8(10-5-12-7-16-10)13-6-11(15)14-4-9-2-3-9/h5,7-9,13H,2-4,6H2,1H3,(H,14,15). The van der Waals surface area contributed by atoms with Crippen molar-refractivity contribution in [1.82, 2.24) is 15.6 Å². The predicted molar refractivity (Wildman–Crippen MR) is 64.3 cm³/mol. The van der Waals surface area contributed by atoms with Crippen molar-refractivity contribution in [2.45, 2.75) is 25.8 Å². The fraction of sp³-hybridized carbons (Fsp3) is 0.636. The minimum atomic E-state index is 0.0864. The van der Waals surface area contributed by atoms with Crippen LogP contribution in [0.15, 0.2) is 11.7 Å². The number of nitrogens with zero attached hydrogens (tertiary/aromatic N) is 1. The molecule has 1 heterocycles. The van der Waals surface area contributed by atoms with Crippen LogP contribution in [0.3, 0.4) is 0 Å². The number of carbonyl (C=O) groups is 1. The van der Waals surface area contributed by atoms with Gasteiger partial charge in [0.05, 0.1) is 12.1 Å². The van der Waals surface area contributed by atoms with Crippen molar-refractivity contribution in [3.05, 3.63) is 16.6 Å². The van der Waals surface area contributed by atoms with Gasteiger partial charge in [-0.25, -0.2) is 0 Å². The summed E-state index contributed by atoms with van der Waals surface area (Å²) in [5.41, 5.74) is 1.81. The Balaban J connectivity index is 1.64. The maximum Gasteiger partial charge on any atom is 0.233 e. The van der Waals surface area contributed by atoms with Crippen LogP contribution in [0.2, 0.25) is 0 Å². The van der Waals surface area contributed by atoms with Gasteiger partial charge in [0, 0.05) is 23.7 Å². The lowest BCUT2D eigenvalue weighted by Crippen LogP contribution is -2.35. The van der Waals surface area contributed by atoms with E-state index in [1.807, 2.05) is 13.1 Å². The third kappa shape index (κ3) is 3.57. The fourth-order valence-corrected chi connectivity index (χ4v) is 2.08. The van der Waals surface area contributed by atoms with Gasteiger partial charge in [-0.3, -0.25) is 9.78 Å². The molecule has 0 radical (unpaired) electrons. The molecule has 1 aliphatic rings. The minimum Gasteiger partial charge on any atom is -0.355 e. The topological polar surface area (TPSA) is 54.0 Å². The predicted octanol–water partition coefficient (Wildman–Crippen LogP) is 1.32. The van der Waals surface area contributed by atoms with Crippen molar-refractivity contribution >= 4 is 17.2 Å². The van der Waals surface area contributed by atoms with E-state index in [-0.39, 0.29) is 11.9 Å². The SMILES string of the molecule is CC(NCC(=O)NCC1CC1)c1cncs1. The summed E-state index contributed by atoms with van der Waals surface area (Å²) in [7, 11) is 0. The van der Waals surface area contributed by atoms with Crippen LogP contribution in [0.25, 0.3) is 0 Å². The van der Waals surface area contributed by atoms with Gasteiger partial charge in [-0.2, -0.15) is 0 Å². The Kier molecular flexibility index (Phi) is 3.90.